The molecule has 4 rings (SSSR count). The number of carbonyl (C=O) groups is 1. The monoisotopic (exact) mass is 505 g/mol. The van der Waals surface area contributed by atoms with E-state index in [1.807, 2.05) is 37.3 Å². The normalized spacial score (nSPS) is 14.9. The third-order valence-electron chi connectivity index (χ3n) is 6.17. The molecule has 2 N–H and O–H groups in total. The Kier molecular flexibility index (Phi) is 8.83. The SMILES string of the molecule is CCn1c(=C=C(C#N)C(=O)NCC2CC2)sc(=C=CNc2cccc(OCCN3CCCC3)c2)c1=O. The fraction of sp³-hybridized carbons (Fsp3) is 0.444. The van der Waals surface area contributed by atoms with Crippen molar-refractivity contribution in [1.82, 2.24) is 14.8 Å². The van der Waals surface area contributed by atoms with Crippen molar-refractivity contribution >= 4 is 34.4 Å². The number of benzene rings is 1. The van der Waals surface area contributed by atoms with Gasteiger partial charge in [0.15, 0.2) is 5.57 Å². The molecule has 1 amide bonds. The number of nitrogens with one attached hydrogen (secondary N) is 2. The van der Waals surface area contributed by atoms with E-state index in [1.54, 1.807) is 6.20 Å². The average molecular weight is 506 g/mol. The smallest absolute Gasteiger partial charge is 0.277 e. The summed E-state index contributed by atoms with van der Waals surface area (Å²) >= 11 is 1.15. The van der Waals surface area contributed by atoms with Crippen LogP contribution in [0.3, 0.4) is 0 Å². The summed E-state index contributed by atoms with van der Waals surface area (Å²) in [7, 11) is 0. The molecule has 0 radical (unpaired) electrons. The van der Waals surface area contributed by atoms with Crippen molar-refractivity contribution in [3.8, 4) is 11.8 Å². The van der Waals surface area contributed by atoms with Crippen molar-refractivity contribution in [3.05, 3.63) is 55.6 Å². The average Bonchev–Trinajstić information content (AvgIpc) is 3.48. The van der Waals surface area contributed by atoms with Gasteiger partial charge in [0.2, 0.25) is 0 Å². The molecule has 1 saturated heterocycles. The lowest BCUT2D eigenvalue weighted by atomic mass is 10.3. The predicted molar refractivity (Wildman–Crippen MR) is 141 cm³/mol. The number of anilines is 1. The Hall–Kier alpha value is -3.53. The number of thiazole rings is 1. The minimum atomic E-state index is -0.460. The zero-order valence-electron chi connectivity index (χ0n) is 20.5. The van der Waals surface area contributed by atoms with Gasteiger partial charge in [-0.25, -0.2) is 0 Å². The van der Waals surface area contributed by atoms with Crippen molar-refractivity contribution < 1.29 is 9.53 Å². The second-order valence-electron chi connectivity index (χ2n) is 8.91. The molecule has 1 aromatic heterocycles. The highest BCUT2D eigenvalue weighted by molar-refractivity contribution is 7.07. The molecule has 2 fully saturated rings. The molecular weight excluding hydrogens is 474 g/mol. The van der Waals surface area contributed by atoms with Gasteiger partial charge < -0.3 is 15.4 Å². The molecule has 0 bridgehead atoms. The Bertz CT molecular complexity index is 1380. The van der Waals surface area contributed by atoms with Gasteiger partial charge in [-0.05, 0) is 63.7 Å². The largest absolute Gasteiger partial charge is 0.492 e. The maximum atomic E-state index is 12.8. The van der Waals surface area contributed by atoms with Crippen LogP contribution in [0.5, 0.6) is 5.75 Å². The van der Waals surface area contributed by atoms with Gasteiger partial charge in [-0.15, -0.1) is 0 Å². The number of nitrogens with zero attached hydrogens (tertiary/aromatic N) is 3. The first-order chi connectivity index (χ1) is 17.6. The number of amides is 1. The molecule has 9 heteroatoms. The summed E-state index contributed by atoms with van der Waals surface area (Å²) in [6.45, 7) is 6.66. The van der Waals surface area contributed by atoms with Crippen molar-refractivity contribution in [3.63, 3.8) is 0 Å². The molecule has 36 heavy (non-hydrogen) atoms. The molecule has 0 spiro atoms. The lowest BCUT2D eigenvalue weighted by Gasteiger charge is -2.15. The molecule has 1 saturated carbocycles. The summed E-state index contributed by atoms with van der Waals surface area (Å²) in [6, 6.07) is 9.55. The van der Waals surface area contributed by atoms with E-state index < -0.39 is 5.91 Å². The van der Waals surface area contributed by atoms with E-state index in [9.17, 15) is 14.9 Å². The number of likely N-dealkylation sites (tertiary alicyclic amines) is 1. The first-order valence-corrected chi connectivity index (χ1v) is 13.2. The van der Waals surface area contributed by atoms with Gasteiger partial charge in [-0.1, -0.05) is 28.9 Å². The Labute approximate surface area is 214 Å². The van der Waals surface area contributed by atoms with E-state index in [1.165, 1.54) is 17.4 Å². The summed E-state index contributed by atoms with van der Waals surface area (Å²) in [5, 5.41) is 15.3. The minimum Gasteiger partial charge on any atom is -0.492 e. The number of carbonyl (C=O) groups excluding carboxylic acids is 1. The Morgan fingerprint density at radius 1 is 1.31 bits per heavy atom. The van der Waals surface area contributed by atoms with Crippen LogP contribution in [0.15, 0.2) is 40.8 Å². The summed E-state index contributed by atoms with van der Waals surface area (Å²) in [5.74, 6) is 0.826. The third kappa shape index (κ3) is 7.00. The van der Waals surface area contributed by atoms with Gasteiger partial charge in [-0.2, -0.15) is 5.26 Å². The zero-order valence-corrected chi connectivity index (χ0v) is 21.3. The number of aromatic nitrogens is 1. The van der Waals surface area contributed by atoms with Gasteiger partial charge in [0.25, 0.3) is 11.5 Å². The van der Waals surface area contributed by atoms with Gasteiger partial charge in [0.1, 0.15) is 27.6 Å². The Morgan fingerprint density at radius 3 is 2.83 bits per heavy atom. The van der Waals surface area contributed by atoms with Gasteiger partial charge >= 0.3 is 0 Å². The van der Waals surface area contributed by atoms with Crippen LogP contribution in [0.2, 0.25) is 0 Å². The van der Waals surface area contributed by atoms with E-state index in [0.717, 1.165) is 55.2 Å². The van der Waals surface area contributed by atoms with E-state index in [0.29, 0.717) is 34.8 Å². The predicted octanol–water partition coefficient (Wildman–Crippen LogP) is 1.77. The van der Waals surface area contributed by atoms with Crippen LogP contribution < -0.4 is 30.1 Å². The first-order valence-electron chi connectivity index (χ1n) is 12.4. The first kappa shape index (κ1) is 25.6. The molecule has 8 nitrogen and oxygen atoms in total. The molecular formula is C27H31N5O3S. The van der Waals surface area contributed by atoms with Crippen LogP contribution in [0, 0.1) is 17.2 Å². The highest BCUT2D eigenvalue weighted by Crippen LogP contribution is 2.27. The van der Waals surface area contributed by atoms with E-state index in [2.05, 4.69) is 27.0 Å². The van der Waals surface area contributed by atoms with Crippen LogP contribution in [0.25, 0.3) is 11.5 Å². The lowest BCUT2D eigenvalue weighted by Crippen LogP contribution is -2.30. The molecule has 1 aromatic carbocycles. The number of ether oxygens (including phenoxy) is 1. The van der Waals surface area contributed by atoms with Crippen LogP contribution >= 0.6 is 11.3 Å². The van der Waals surface area contributed by atoms with Crippen LogP contribution in [0.4, 0.5) is 5.69 Å². The number of hydrogen-bond acceptors (Lipinski definition) is 7. The van der Waals surface area contributed by atoms with Crippen molar-refractivity contribution in [2.45, 2.75) is 39.2 Å². The maximum Gasteiger partial charge on any atom is 0.277 e. The van der Waals surface area contributed by atoms with E-state index >= 15 is 0 Å². The highest BCUT2D eigenvalue weighted by Gasteiger charge is 2.22. The maximum absolute atomic E-state index is 12.8. The van der Waals surface area contributed by atoms with Gasteiger partial charge in [0, 0.05) is 37.6 Å². The molecule has 2 heterocycles. The fourth-order valence-electron chi connectivity index (χ4n) is 3.93. The third-order valence-corrected chi connectivity index (χ3v) is 7.18. The second-order valence-corrected chi connectivity index (χ2v) is 9.91. The molecule has 188 valence electrons. The summed E-state index contributed by atoms with van der Waals surface area (Å²) < 4.78 is 8.16. The lowest BCUT2D eigenvalue weighted by molar-refractivity contribution is -0.117. The molecule has 2 aromatic rings. The van der Waals surface area contributed by atoms with Crippen molar-refractivity contribution in [1.29, 1.82) is 5.26 Å². The molecule has 1 aliphatic carbocycles. The minimum absolute atomic E-state index is 0.130. The second kappa shape index (κ2) is 12.4. The van der Waals surface area contributed by atoms with Gasteiger partial charge in [-0.3, -0.25) is 19.1 Å². The van der Waals surface area contributed by atoms with Crippen LogP contribution in [0.1, 0.15) is 32.6 Å². The molecule has 2 aliphatic rings. The molecule has 1 aliphatic heterocycles. The van der Waals surface area contributed by atoms with Crippen molar-refractivity contribution in [2.24, 2.45) is 5.92 Å². The summed E-state index contributed by atoms with van der Waals surface area (Å²) in [6.07, 6.45) is 6.32. The van der Waals surface area contributed by atoms with Gasteiger partial charge in [0.05, 0.1) is 0 Å². The van der Waals surface area contributed by atoms with E-state index in [-0.39, 0.29) is 11.1 Å². The number of nitriles is 1. The Morgan fingerprint density at radius 2 is 2.11 bits per heavy atom. The van der Waals surface area contributed by atoms with Crippen LogP contribution in [-0.2, 0) is 11.3 Å². The van der Waals surface area contributed by atoms with Crippen molar-refractivity contribution in [2.75, 3.05) is 38.1 Å². The number of hydrogen-bond donors (Lipinski definition) is 2. The summed E-state index contributed by atoms with van der Waals surface area (Å²) in [5.41, 5.74) is 6.28. The highest BCUT2D eigenvalue weighted by atomic mass is 32.1. The topological polar surface area (TPSA) is 99.4 Å². The quantitative estimate of drug-likeness (QED) is 0.377. The molecule has 0 unspecified atom stereocenters. The van der Waals surface area contributed by atoms with E-state index in [4.69, 9.17) is 4.74 Å². The fourth-order valence-corrected chi connectivity index (χ4v) is 4.91. The Balaban J connectivity index is 1.49. The zero-order chi connectivity index (χ0) is 25.3. The molecule has 0 atom stereocenters. The number of rotatable bonds is 10. The van der Waals surface area contributed by atoms with Crippen LogP contribution in [-0.4, -0.2) is 48.2 Å². The standard InChI is InChI=1S/C27H31N5O3S/c1-2-32-25(16-21(18-28)26(33)30-19-20-8-9-20)36-24(27(32)34)10-11-29-22-6-5-7-23(17-22)35-15-14-31-12-3-4-13-31/h5-7,11,17,20,29H,2-4,8-9,12-15,19H2,1H3,(H,30,33). The summed E-state index contributed by atoms with van der Waals surface area (Å²) in [4.78, 5) is 27.6.